The van der Waals surface area contributed by atoms with Gasteiger partial charge in [0.1, 0.15) is 11.5 Å². The predicted octanol–water partition coefficient (Wildman–Crippen LogP) is 4.57. The van der Waals surface area contributed by atoms with E-state index in [1.165, 1.54) is 5.56 Å². The van der Waals surface area contributed by atoms with Crippen LogP contribution in [0.15, 0.2) is 59.5 Å². The maximum atomic E-state index is 12.6. The summed E-state index contributed by atoms with van der Waals surface area (Å²) in [5.74, 6) is 1.65. The first-order valence-corrected chi connectivity index (χ1v) is 9.02. The normalized spacial score (nSPS) is 11.1. The Morgan fingerprint density at radius 3 is 2.46 bits per heavy atom. The van der Waals surface area contributed by atoms with Crippen LogP contribution in [0.5, 0.6) is 11.5 Å². The van der Waals surface area contributed by atoms with E-state index in [0.717, 1.165) is 23.3 Å². The molecule has 0 atom stereocenters. The minimum Gasteiger partial charge on any atom is -0.494 e. The number of fused-ring (bicyclic) bond motifs is 1. The first kappa shape index (κ1) is 18.1. The number of aryl methyl sites for hydroxylation is 2. The minimum absolute atomic E-state index is 0.0222. The third kappa shape index (κ3) is 4.45. The Bertz CT molecular complexity index is 926. The topological polar surface area (TPSA) is 40.5 Å². The van der Waals surface area contributed by atoms with Crippen LogP contribution in [0.2, 0.25) is 0 Å². The lowest BCUT2D eigenvalue weighted by Gasteiger charge is -2.12. The lowest BCUT2D eigenvalue weighted by molar-refractivity contribution is 0.243. The average Bonchev–Trinajstić information content (AvgIpc) is 2.61. The van der Waals surface area contributed by atoms with Crippen LogP contribution in [-0.2, 0) is 6.54 Å². The van der Waals surface area contributed by atoms with Crippen molar-refractivity contribution in [1.29, 1.82) is 0 Å². The van der Waals surface area contributed by atoms with Gasteiger partial charge in [-0.3, -0.25) is 4.79 Å². The second-order valence-corrected chi connectivity index (χ2v) is 6.75. The number of ether oxygens (including phenoxy) is 2. The number of pyridine rings is 1. The molecule has 0 aliphatic heterocycles. The van der Waals surface area contributed by atoms with Crippen LogP contribution in [-0.4, -0.2) is 17.3 Å². The number of benzene rings is 2. The fraction of sp³-hybridized carbons (Fsp3) is 0.318. The van der Waals surface area contributed by atoms with Crippen LogP contribution in [0.1, 0.15) is 25.8 Å². The summed E-state index contributed by atoms with van der Waals surface area (Å²) in [5.41, 5.74) is 1.23. The minimum atomic E-state index is 0.0222. The molecule has 0 aliphatic carbocycles. The Morgan fingerprint density at radius 1 is 1.00 bits per heavy atom. The van der Waals surface area contributed by atoms with Crippen LogP contribution in [0.4, 0.5) is 0 Å². The molecule has 3 aromatic rings. The quantitative estimate of drug-likeness (QED) is 0.586. The molecule has 0 unspecified atom stereocenters. The van der Waals surface area contributed by atoms with Gasteiger partial charge in [-0.25, -0.2) is 0 Å². The molecule has 1 aromatic heterocycles. The molecule has 0 bridgehead atoms. The SMILES string of the molecule is Cc1ccc(OCCCn2ccc3cc(OC(C)C)ccc3c2=O)cc1. The second-order valence-electron chi connectivity index (χ2n) is 6.75. The molecule has 0 fully saturated rings. The van der Waals surface area contributed by atoms with Gasteiger partial charge < -0.3 is 14.0 Å². The van der Waals surface area contributed by atoms with Crippen molar-refractivity contribution in [2.45, 2.75) is 39.8 Å². The van der Waals surface area contributed by atoms with Crippen LogP contribution >= 0.6 is 0 Å². The smallest absolute Gasteiger partial charge is 0.258 e. The molecule has 4 heteroatoms. The summed E-state index contributed by atoms with van der Waals surface area (Å²) in [7, 11) is 0. The highest BCUT2D eigenvalue weighted by Gasteiger charge is 2.05. The second kappa shape index (κ2) is 8.09. The molecule has 0 amide bonds. The van der Waals surface area contributed by atoms with Gasteiger partial charge >= 0.3 is 0 Å². The van der Waals surface area contributed by atoms with E-state index in [0.29, 0.717) is 18.5 Å². The first-order valence-electron chi connectivity index (χ1n) is 9.02. The molecule has 136 valence electrons. The van der Waals surface area contributed by atoms with E-state index in [1.54, 1.807) is 4.57 Å². The van der Waals surface area contributed by atoms with Gasteiger partial charge in [0.15, 0.2) is 0 Å². The van der Waals surface area contributed by atoms with Crippen molar-refractivity contribution in [3.05, 3.63) is 70.6 Å². The van der Waals surface area contributed by atoms with E-state index in [9.17, 15) is 4.79 Å². The summed E-state index contributed by atoms with van der Waals surface area (Å²) >= 11 is 0. The molecule has 26 heavy (non-hydrogen) atoms. The van der Waals surface area contributed by atoms with Crippen molar-refractivity contribution in [1.82, 2.24) is 4.57 Å². The van der Waals surface area contributed by atoms with Crippen molar-refractivity contribution in [2.75, 3.05) is 6.61 Å². The molecule has 2 aromatic carbocycles. The summed E-state index contributed by atoms with van der Waals surface area (Å²) in [4.78, 5) is 12.6. The molecule has 0 spiro atoms. The molecule has 0 aliphatic rings. The number of nitrogens with zero attached hydrogens (tertiary/aromatic N) is 1. The molecule has 0 saturated carbocycles. The summed E-state index contributed by atoms with van der Waals surface area (Å²) in [5, 5.41) is 1.61. The lowest BCUT2D eigenvalue weighted by atomic mass is 10.1. The highest BCUT2D eigenvalue weighted by molar-refractivity contribution is 5.82. The molecule has 0 N–H and O–H groups in total. The zero-order valence-electron chi connectivity index (χ0n) is 15.6. The molecule has 1 heterocycles. The summed E-state index contributed by atoms with van der Waals surface area (Å²) < 4.78 is 13.2. The molecule has 3 rings (SSSR count). The Labute approximate surface area is 154 Å². The monoisotopic (exact) mass is 351 g/mol. The van der Waals surface area contributed by atoms with Gasteiger partial charge in [0.25, 0.3) is 5.56 Å². The number of aromatic nitrogens is 1. The summed E-state index contributed by atoms with van der Waals surface area (Å²) in [6.07, 6.45) is 2.73. The van der Waals surface area contributed by atoms with Gasteiger partial charge in [-0.1, -0.05) is 17.7 Å². The molecular weight excluding hydrogens is 326 g/mol. The van der Waals surface area contributed by atoms with E-state index in [1.807, 2.05) is 75.5 Å². The zero-order chi connectivity index (χ0) is 18.5. The Morgan fingerprint density at radius 2 is 1.73 bits per heavy atom. The zero-order valence-corrected chi connectivity index (χ0v) is 15.6. The highest BCUT2D eigenvalue weighted by atomic mass is 16.5. The van der Waals surface area contributed by atoms with Gasteiger partial charge in [-0.15, -0.1) is 0 Å². The molecule has 0 saturated heterocycles. The molecular formula is C22H25NO3. The highest BCUT2D eigenvalue weighted by Crippen LogP contribution is 2.19. The van der Waals surface area contributed by atoms with Crippen molar-refractivity contribution < 1.29 is 9.47 Å². The average molecular weight is 351 g/mol. The van der Waals surface area contributed by atoms with Gasteiger partial charge in [0, 0.05) is 18.1 Å². The van der Waals surface area contributed by atoms with Crippen LogP contribution in [0, 0.1) is 6.92 Å². The van der Waals surface area contributed by atoms with Gasteiger partial charge in [0.2, 0.25) is 0 Å². The van der Waals surface area contributed by atoms with Gasteiger partial charge in [-0.05, 0) is 69.0 Å². The van der Waals surface area contributed by atoms with Crippen molar-refractivity contribution >= 4 is 10.8 Å². The number of hydrogen-bond acceptors (Lipinski definition) is 3. The van der Waals surface area contributed by atoms with Crippen LogP contribution < -0.4 is 15.0 Å². The number of rotatable bonds is 7. The maximum absolute atomic E-state index is 12.6. The molecule has 0 radical (unpaired) electrons. The Kier molecular flexibility index (Phi) is 5.61. The third-order valence-electron chi connectivity index (χ3n) is 4.15. The standard InChI is InChI=1S/C22H25NO3/c1-16(2)26-20-9-10-21-18(15-20)11-13-23(22(21)24)12-4-14-25-19-7-5-17(3)6-8-19/h5-11,13,15-16H,4,12,14H2,1-3H3. The van der Waals surface area contributed by atoms with Crippen molar-refractivity contribution in [3.8, 4) is 11.5 Å². The predicted molar refractivity (Wildman–Crippen MR) is 105 cm³/mol. The van der Waals surface area contributed by atoms with Crippen molar-refractivity contribution in [3.63, 3.8) is 0 Å². The molecule has 4 nitrogen and oxygen atoms in total. The van der Waals surface area contributed by atoms with E-state index in [-0.39, 0.29) is 11.7 Å². The summed E-state index contributed by atoms with van der Waals surface area (Å²) in [6, 6.07) is 15.6. The first-order chi connectivity index (χ1) is 12.5. The van der Waals surface area contributed by atoms with Crippen LogP contribution in [0.3, 0.4) is 0 Å². The van der Waals surface area contributed by atoms with E-state index >= 15 is 0 Å². The van der Waals surface area contributed by atoms with Gasteiger partial charge in [-0.2, -0.15) is 0 Å². The fourth-order valence-electron chi connectivity index (χ4n) is 2.85. The summed E-state index contributed by atoms with van der Waals surface area (Å²) in [6.45, 7) is 7.23. The maximum Gasteiger partial charge on any atom is 0.258 e. The largest absolute Gasteiger partial charge is 0.494 e. The fourth-order valence-corrected chi connectivity index (χ4v) is 2.85. The van der Waals surface area contributed by atoms with E-state index in [2.05, 4.69) is 0 Å². The Balaban J connectivity index is 1.63. The van der Waals surface area contributed by atoms with E-state index < -0.39 is 0 Å². The van der Waals surface area contributed by atoms with Gasteiger partial charge in [0.05, 0.1) is 12.7 Å². The van der Waals surface area contributed by atoms with E-state index in [4.69, 9.17) is 9.47 Å². The van der Waals surface area contributed by atoms with Crippen LogP contribution in [0.25, 0.3) is 10.8 Å². The Hall–Kier alpha value is -2.75. The lowest BCUT2D eigenvalue weighted by Crippen LogP contribution is -2.20. The third-order valence-corrected chi connectivity index (χ3v) is 4.15. The number of hydrogen-bond donors (Lipinski definition) is 0. The van der Waals surface area contributed by atoms with Crippen molar-refractivity contribution in [2.24, 2.45) is 0 Å².